The Balaban J connectivity index is 1.60. The lowest BCUT2D eigenvalue weighted by molar-refractivity contribution is 0.379. The molecule has 0 spiro atoms. The van der Waals surface area contributed by atoms with E-state index >= 15 is 0 Å². The van der Waals surface area contributed by atoms with Gasteiger partial charge in [-0.3, -0.25) is 9.67 Å². The second-order valence-electron chi connectivity index (χ2n) is 6.44. The molecule has 5 nitrogen and oxygen atoms in total. The maximum atomic E-state index is 4.49. The fourth-order valence-corrected chi connectivity index (χ4v) is 3.49. The molecule has 128 valence electrons. The van der Waals surface area contributed by atoms with Gasteiger partial charge in [0.2, 0.25) is 0 Å². The molecule has 1 aromatic heterocycles. The van der Waals surface area contributed by atoms with Crippen molar-refractivity contribution in [3.8, 4) is 0 Å². The number of benzene rings is 1. The molecular weight excluding hydrogens is 298 g/mol. The third-order valence-corrected chi connectivity index (χ3v) is 4.96. The Bertz CT molecular complexity index is 744. The molecule has 0 saturated carbocycles. The maximum Gasteiger partial charge on any atom is 0.193 e. The standard InChI is InChI=1S/C19H27N5/c1-14-18(15(2)23(4)22-14)9-11-21-19(20-3)24-12-10-16-7-5-6-8-17(16)13-24/h5-8H,9-13H2,1-4H3,(H,20,21). The van der Waals surface area contributed by atoms with Gasteiger partial charge in [-0.1, -0.05) is 24.3 Å². The van der Waals surface area contributed by atoms with E-state index in [0.717, 1.165) is 44.1 Å². The third-order valence-electron chi connectivity index (χ3n) is 4.96. The van der Waals surface area contributed by atoms with E-state index in [2.05, 4.69) is 58.4 Å². The number of hydrogen-bond donors (Lipinski definition) is 1. The number of aryl methyl sites for hydroxylation is 2. The molecule has 24 heavy (non-hydrogen) atoms. The van der Waals surface area contributed by atoms with E-state index in [1.807, 2.05) is 18.8 Å². The van der Waals surface area contributed by atoms with E-state index in [1.165, 1.54) is 22.4 Å². The lowest BCUT2D eigenvalue weighted by Gasteiger charge is -2.31. The molecule has 1 N–H and O–H groups in total. The molecule has 2 heterocycles. The van der Waals surface area contributed by atoms with Crippen LogP contribution < -0.4 is 5.32 Å². The first-order valence-electron chi connectivity index (χ1n) is 8.61. The molecule has 3 rings (SSSR count). The van der Waals surface area contributed by atoms with Gasteiger partial charge in [0.1, 0.15) is 0 Å². The highest BCUT2D eigenvalue weighted by Crippen LogP contribution is 2.18. The van der Waals surface area contributed by atoms with Gasteiger partial charge in [0.05, 0.1) is 5.69 Å². The Kier molecular flexibility index (Phi) is 4.88. The first-order chi connectivity index (χ1) is 11.6. The monoisotopic (exact) mass is 325 g/mol. The van der Waals surface area contributed by atoms with Gasteiger partial charge in [-0.05, 0) is 43.4 Å². The summed E-state index contributed by atoms with van der Waals surface area (Å²) in [6.45, 7) is 7.03. The van der Waals surface area contributed by atoms with Crippen LogP contribution in [0.4, 0.5) is 0 Å². The second-order valence-corrected chi connectivity index (χ2v) is 6.44. The third kappa shape index (κ3) is 3.30. The minimum atomic E-state index is 0.873. The zero-order valence-corrected chi connectivity index (χ0v) is 15.1. The Labute approximate surface area is 144 Å². The lowest BCUT2D eigenvalue weighted by Crippen LogP contribution is -2.44. The molecule has 2 aromatic rings. The quantitative estimate of drug-likeness (QED) is 0.695. The summed E-state index contributed by atoms with van der Waals surface area (Å²) in [7, 11) is 3.87. The van der Waals surface area contributed by atoms with Crippen molar-refractivity contribution in [3.05, 3.63) is 52.3 Å². The molecule has 0 fully saturated rings. The highest BCUT2D eigenvalue weighted by Gasteiger charge is 2.18. The summed E-state index contributed by atoms with van der Waals surface area (Å²) < 4.78 is 1.96. The van der Waals surface area contributed by atoms with E-state index in [0.29, 0.717) is 0 Å². The molecule has 1 aliphatic heterocycles. The van der Waals surface area contributed by atoms with Gasteiger partial charge in [-0.15, -0.1) is 0 Å². The Morgan fingerprint density at radius 2 is 2.00 bits per heavy atom. The number of aliphatic imine (C=N–C) groups is 1. The molecule has 1 aromatic carbocycles. The minimum Gasteiger partial charge on any atom is -0.356 e. The van der Waals surface area contributed by atoms with Crippen molar-refractivity contribution in [2.24, 2.45) is 12.0 Å². The average molecular weight is 325 g/mol. The second kappa shape index (κ2) is 7.07. The van der Waals surface area contributed by atoms with Crippen molar-refractivity contribution < 1.29 is 0 Å². The molecular formula is C19H27N5. The van der Waals surface area contributed by atoms with Crippen LogP contribution in [-0.4, -0.2) is 40.8 Å². The van der Waals surface area contributed by atoms with E-state index < -0.39 is 0 Å². The van der Waals surface area contributed by atoms with E-state index in [9.17, 15) is 0 Å². The van der Waals surface area contributed by atoms with Crippen LogP contribution in [0.25, 0.3) is 0 Å². The van der Waals surface area contributed by atoms with Crippen molar-refractivity contribution in [2.75, 3.05) is 20.1 Å². The first-order valence-corrected chi connectivity index (χ1v) is 8.61. The number of nitrogens with zero attached hydrogens (tertiary/aromatic N) is 4. The van der Waals surface area contributed by atoms with Gasteiger partial charge in [-0.25, -0.2) is 0 Å². The van der Waals surface area contributed by atoms with Crippen LogP contribution in [0.5, 0.6) is 0 Å². The molecule has 0 saturated heterocycles. The molecule has 0 unspecified atom stereocenters. The van der Waals surface area contributed by atoms with Gasteiger partial charge < -0.3 is 10.2 Å². The Morgan fingerprint density at radius 1 is 1.25 bits per heavy atom. The summed E-state index contributed by atoms with van der Waals surface area (Å²) in [6, 6.07) is 8.69. The Morgan fingerprint density at radius 3 is 2.67 bits per heavy atom. The van der Waals surface area contributed by atoms with Gasteiger partial charge >= 0.3 is 0 Å². The van der Waals surface area contributed by atoms with Gasteiger partial charge in [0, 0.05) is 39.4 Å². The molecule has 0 bridgehead atoms. The molecule has 5 heteroatoms. The zero-order valence-electron chi connectivity index (χ0n) is 15.1. The number of hydrogen-bond acceptors (Lipinski definition) is 2. The van der Waals surface area contributed by atoms with Crippen molar-refractivity contribution in [2.45, 2.75) is 33.2 Å². The van der Waals surface area contributed by atoms with Crippen LogP contribution in [0.15, 0.2) is 29.3 Å². The molecule has 1 aliphatic rings. The van der Waals surface area contributed by atoms with Gasteiger partial charge in [0.15, 0.2) is 5.96 Å². The number of rotatable bonds is 3. The van der Waals surface area contributed by atoms with Gasteiger partial charge in [-0.2, -0.15) is 5.10 Å². The van der Waals surface area contributed by atoms with Crippen molar-refractivity contribution in [1.29, 1.82) is 0 Å². The number of fused-ring (bicyclic) bond motifs is 1. The lowest BCUT2D eigenvalue weighted by atomic mass is 10.0. The highest BCUT2D eigenvalue weighted by atomic mass is 15.3. The normalized spacial score (nSPS) is 14.7. The fourth-order valence-electron chi connectivity index (χ4n) is 3.49. The van der Waals surface area contributed by atoms with E-state index in [1.54, 1.807) is 0 Å². The molecule has 0 amide bonds. The number of guanidine groups is 1. The van der Waals surface area contributed by atoms with Crippen molar-refractivity contribution in [3.63, 3.8) is 0 Å². The van der Waals surface area contributed by atoms with Crippen LogP contribution in [0.2, 0.25) is 0 Å². The first kappa shape index (κ1) is 16.6. The maximum absolute atomic E-state index is 4.49. The van der Waals surface area contributed by atoms with Gasteiger partial charge in [0.25, 0.3) is 0 Å². The zero-order chi connectivity index (χ0) is 17.1. The van der Waals surface area contributed by atoms with Crippen LogP contribution in [0.1, 0.15) is 28.1 Å². The summed E-state index contributed by atoms with van der Waals surface area (Å²) in [5.41, 5.74) is 6.58. The van der Waals surface area contributed by atoms with E-state index in [-0.39, 0.29) is 0 Å². The van der Waals surface area contributed by atoms with Crippen molar-refractivity contribution in [1.82, 2.24) is 20.0 Å². The summed E-state index contributed by atoms with van der Waals surface area (Å²) in [5, 5.41) is 8.01. The smallest absolute Gasteiger partial charge is 0.193 e. The molecule has 0 radical (unpaired) electrons. The number of nitrogens with one attached hydrogen (secondary N) is 1. The number of aromatic nitrogens is 2. The summed E-state index contributed by atoms with van der Waals surface area (Å²) in [6.07, 6.45) is 2.05. The van der Waals surface area contributed by atoms with Crippen LogP contribution in [-0.2, 0) is 26.4 Å². The van der Waals surface area contributed by atoms with E-state index in [4.69, 9.17) is 0 Å². The topological polar surface area (TPSA) is 45.5 Å². The molecule has 0 atom stereocenters. The van der Waals surface area contributed by atoms with Crippen LogP contribution >= 0.6 is 0 Å². The van der Waals surface area contributed by atoms with Crippen LogP contribution in [0.3, 0.4) is 0 Å². The largest absolute Gasteiger partial charge is 0.356 e. The summed E-state index contributed by atoms with van der Waals surface area (Å²) in [5.74, 6) is 0.990. The fraction of sp³-hybridized carbons (Fsp3) is 0.474. The van der Waals surface area contributed by atoms with Crippen molar-refractivity contribution >= 4 is 5.96 Å². The summed E-state index contributed by atoms with van der Waals surface area (Å²) >= 11 is 0. The molecule has 0 aliphatic carbocycles. The summed E-state index contributed by atoms with van der Waals surface area (Å²) in [4.78, 5) is 6.82. The van der Waals surface area contributed by atoms with Crippen LogP contribution in [0, 0.1) is 13.8 Å². The average Bonchev–Trinajstić information content (AvgIpc) is 2.84. The SMILES string of the molecule is CN=C(NCCc1c(C)nn(C)c1C)N1CCc2ccccc2C1. The minimum absolute atomic E-state index is 0.873. The predicted octanol–water partition coefficient (Wildman–Crippen LogP) is 2.21. The highest BCUT2D eigenvalue weighted by molar-refractivity contribution is 5.80. The predicted molar refractivity (Wildman–Crippen MR) is 98.3 cm³/mol. The Hall–Kier alpha value is -2.30.